The number of fused-ring (bicyclic) bond motifs is 1. The van der Waals surface area contributed by atoms with Crippen LogP contribution in [0, 0.1) is 0 Å². The summed E-state index contributed by atoms with van der Waals surface area (Å²) in [6, 6.07) is 45.8. The number of rotatable bonds is 4. The lowest BCUT2D eigenvalue weighted by atomic mass is 9.98. The molecule has 0 spiro atoms. The fourth-order valence-corrected chi connectivity index (χ4v) is 5.85. The van der Waals surface area contributed by atoms with E-state index < -0.39 is 0 Å². The van der Waals surface area contributed by atoms with Gasteiger partial charge in [-0.2, -0.15) is 0 Å². The zero-order chi connectivity index (χ0) is 19.5. The second-order valence-corrected chi connectivity index (χ2v) is 9.01. The Morgan fingerprint density at radius 3 is 1.55 bits per heavy atom. The van der Waals surface area contributed by atoms with Gasteiger partial charge in [-0.05, 0) is 70.4 Å². The molecule has 0 aliphatic carbocycles. The molecule has 0 heterocycles. The SMILES string of the molecule is c1ccc([S+](c2ccccc2)c2ccc(-c3cccc4ccccc34)cc2)cc1. The third-order valence-electron chi connectivity index (χ3n) is 5.15. The van der Waals surface area contributed by atoms with Crippen molar-refractivity contribution in [3.63, 3.8) is 0 Å². The highest BCUT2D eigenvalue weighted by Crippen LogP contribution is 2.34. The summed E-state index contributed by atoms with van der Waals surface area (Å²) in [5, 5.41) is 2.58. The van der Waals surface area contributed by atoms with Crippen LogP contribution in [0.15, 0.2) is 142 Å². The van der Waals surface area contributed by atoms with Crippen molar-refractivity contribution >= 4 is 21.7 Å². The molecule has 1 heteroatoms. The molecule has 0 aromatic heterocycles. The molecule has 0 bridgehead atoms. The van der Waals surface area contributed by atoms with Crippen LogP contribution in [0.25, 0.3) is 21.9 Å². The summed E-state index contributed by atoms with van der Waals surface area (Å²) in [6.45, 7) is 0. The molecule has 5 aromatic carbocycles. The van der Waals surface area contributed by atoms with Gasteiger partial charge in [0.1, 0.15) is 0 Å². The Morgan fingerprint density at radius 2 is 0.897 bits per heavy atom. The highest BCUT2D eigenvalue weighted by Gasteiger charge is 2.28. The van der Waals surface area contributed by atoms with Crippen molar-refractivity contribution in [2.24, 2.45) is 0 Å². The fourth-order valence-electron chi connectivity index (χ4n) is 3.77. The first kappa shape index (κ1) is 17.8. The molecule has 0 N–H and O–H groups in total. The van der Waals surface area contributed by atoms with Crippen molar-refractivity contribution in [2.45, 2.75) is 14.7 Å². The van der Waals surface area contributed by atoms with Crippen molar-refractivity contribution in [1.82, 2.24) is 0 Å². The smallest absolute Gasteiger partial charge is 0.0619 e. The van der Waals surface area contributed by atoms with Crippen LogP contribution in [0.5, 0.6) is 0 Å². The van der Waals surface area contributed by atoms with E-state index in [0.29, 0.717) is 0 Å². The second kappa shape index (κ2) is 7.98. The van der Waals surface area contributed by atoms with E-state index in [1.54, 1.807) is 0 Å². The summed E-state index contributed by atoms with van der Waals surface area (Å²) < 4.78 is 0. The molecule has 138 valence electrons. The lowest BCUT2D eigenvalue weighted by Gasteiger charge is -2.10. The van der Waals surface area contributed by atoms with E-state index in [1.165, 1.54) is 36.6 Å². The van der Waals surface area contributed by atoms with E-state index in [0.717, 1.165) is 0 Å². The molecule has 0 saturated carbocycles. The van der Waals surface area contributed by atoms with E-state index in [1.807, 2.05) is 0 Å². The largest absolute Gasteiger partial charge is 0.166 e. The van der Waals surface area contributed by atoms with Crippen LogP contribution < -0.4 is 0 Å². The number of hydrogen-bond donors (Lipinski definition) is 0. The van der Waals surface area contributed by atoms with Gasteiger partial charge in [-0.15, -0.1) is 0 Å². The van der Waals surface area contributed by atoms with Crippen LogP contribution in [0.1, 0.15) is 0 Å². The van der Waals surface area contributed by atoms with Crippen molar-refractivity contribution in [1.29, 1.82) is 0 Å². The lowest BCUT2D eigenvalue weighted by Crippen LogP contribution is -2.04. The van der Waals surface area contributed by atoms with E-state index in [9.17, 15) is 0 Å². The van der Waals surface area contributed by atoms with Crippen molar-refractivity contribution in [2.75, 3.05) is 0 Å². The third-order valence-corrected chi connectivity index (χ3v) is 7.38. The van der Waals surface area contributed by atoms with E-state index in [2.05, 4.69) is 127 Å². The van der Waals surface area contributed by atoms with Crippen LogP contribution in [0.3, 0.4) is 0 Å². The Kier molecular flexibility index (Phi) is 4.90. The maximum atomic E-state index is 2.29. The third kappa shape index (κ3) is 3.57. The minimum atomic E-state index is -0.106. The standard InChI is InChI=1S/C28H21S/c1-3-12-24(13-4-1)29(25-14-5-2-6-15-25)26-20-18-23(19-21-26)28-17-9-11-22-10-7-8-16-27(22)28/h1-21H/q+1. The highest BCUT2D eigenvalue weighted by atomic mass is 32.2. The first-order valence-corrected chi connectivity index (χ1v) is 11.1. The molecule has 0 radical (unpaired) electrons. The molecule has 0 saturated heterocycles. The molecule has 5 rings (SSSR count). The summed E-state index contributed by atoms with van der Waals surface area (Å²) in [6.07, 6.45) is 0. The van der Waals surface area contributed by atoms with Gasteiger partial charge >= 0.3 is 0 Å². The van der Waals surface area contributed by atoms with Gasteiger partial charge in [0.2, 0.25) is 0 Å². The molecule has 0 atom stereocenters. The maximum absolute atomic E-state index is 2.29. The summed E-state index contributed by atoms with van der Waals surface area (Å²) in [5.41, 5.74) is 2.55. The number of hydrogen-bond acceptors (Lipinski definition) is 0. The predicted molar refractivity (Wildman–Crippen MR) is 124 cm³/mol. The average molecular weight is 390 g/mol. The van der Waals surface area contributed by atoms with E-state index in [4.69, 9.17) is 0 Å². The predicted octanol–water partition coefficient (Wildman–Crippen LogP) is 7.60. The Labute approximate surface area is 174 Å². The van der Waals surface area contributed by atoms with Crippen LogP contribution in [-0.4, -0.2) is 0 Å². The summed E-state index contributed by atoms with van der Waals surface area (Å²) >= 11 is 0. The Hall–Kier alpha value is -3.29. The Bertz CT molecular complexity index is 1180. The first-order chi connectivity index (χ1) is 14.4. The lowest BCUT2D eigenvalue weighted by molar-refractivity contribution is 1.32. The van der Waals surface area contributed by atoms with Crippen molar-refractivity contribution < 1.29 is 0 Å². The highest BCUT2D eigenvalue weighted by molar-refractivity contribution is 7.97. The van der Waals surface area contributed by atoms with Crippen LogP contribution in [-0.2, 0) is 10.9 Å². The molecule has 0 amide bonds. The first-order valence-electron chi connectivity index (χ1n) is 9.83. The normalized spacial score (nSPS) is 11.1. The van der Waals surface area contributed by atoms with Crippen LogP contribution in [0.4, 0.5) is 0 Å². The Morgan fingerprint density at radius 1 is 0.379 bits per heavy atom. The van der Waals surface area contributed by atoms with Gasteiger partial charge in [0, 0.05) is 0 Å². The van der Waals surface area contributed by atoms with Gasteiger partial charge in [0.05, 0.1) is 10.9 Å². The van der Waals surface area contributed by atoms with Gasteiger partial charge in [-0.3, -0.25) is 0 Å². The molecule has 5 aromatic rings. The summed E-state index contributed by atoms with van der Waals surface area (Å²) in [5.74, 6) is 0. The molecular formula is C28H21S+. The van der Waals surface area contributed by atoms with Gasteiger partial charge in [0.15, 0.2) is 14.7 Å². The van der Waals surface area contributed by atoms with Gasteiger partial charge in [0.25, 0.3) is 0 Å². The van der Waals surface area contributed by atoms with Crippen LogP contribution >= 0.6 is 0 Å². The number of benzene rings is 5. The van der Waals surface area contributed by atoms with Gasteiger partial charge in [-0.25, -0.2) is 0 Å². The van der Waals surface area contributed by atoms with Crippen molar-refractivity contribution in [3.05, 3.63) is 127 Å². The molecule has 0 aliphatic rings. The Balaban J connectivity index is 1.59. The fraction of sp³-hybridized carbons (Fsp3) is 0. The minimum absolute atomic E-state index is 0.106. The second-order valence-electron chi connectivity index (χ2n) is 6.98. The van der Waals surface area contributed by atoms with Crippen molar-refractivity contribution in [3.8, 4) is 11.1 Å². The average Bonchev–Trinajstić information content (AvgIpc) is 2.81. The van der Waals surface area contributed by atoms with E-state index in [-0.39, 0.29) is 10.9 Å². The molecule has 0 aliphatic heterocycles. The summed E-state index contributed by atoms with van der Waals surface area (Å²) in [4.78, 5) is 4.03. The minimum Gasteiger partial charge on any atom is -0.0619 e. The molecule has 0 nitrogen and oxygen atoms in total. The molecule has 0 unspecified atom stereocenters. The molecule has 29 heavy (non-hydrogen) atoms. The van der Waals surface area contributed by atoms with Gasteiger partial charge in [-0.1, -0.05) is 78.9 Å². The zero-order valence-electron chi connectivity index (χ0n) is 16.0. The van der Waals surface area contributed by atoms with Crippen LogP contribution in [0.2, 0.25) is 0 Å². The quantitative estimate of drug-likeness (QED) is 0.278. The zero-order valence-corrected chi connectivity index (χ0v) is 16.8. The molecular weight excluding hydrogens is 368 g/mol. The maximum Gasteiger partial charge on any atom is 0.166 e. The van der Waals surface area contributed by atoms with Gasteiger partial charge < -0.3 is 0 Å². The topological polar surface area (TPSA) is 0 Å². The molecule has 0 fully saturated rings. The summed E-state index contributed by atoms with van der Waals surface area (Å²) in [7, 11) is -0.106. The monoisotopic (exact) mass is 389 g/mol. The van der Waals surface area contributed by atoms with E-state index >= 15 is 0 Å².